The van der Waals surface area contributed by atoms with Crippen molar-refractivity contribution in [3.63, 3.8) is 0 Å². The molecule has 2 fully saturated rings. The van der Waals surface area contributed by atoms with Crippen molar-refractivity contribution in [1.82, 2.24) is 39.9 Å². The normalized spacial score (nSPS) is 27.4. The van der Waals surface area contributed by atoms with Crippen LogP contribution in [0.25, 0.3) is 16.7 Å². The molecule has 11 atom stereocenters. The van der Waals surface area contributed by atoms with E-state index in [4.69, 9.17) is 26.4 Å². The summed E-state index contributed by atoms with van der Waals surface area (Å²) in [6, 6.07) is -0.849. The van der Waals surface area contributed by atoms with Crippen molar-refractivity contribution < 1.29 is 51.7 Å². The number of aliphatic hydroxyl groups is 1. The minimum Gasteiger partial charge on any atom is -0.477 e. The quantitative estimate of drug-likeness (QED) is 0.0309. The molecule has 0 bridgehead atoms. The van der Waals surface area contributed by atoms with Crippen LogP contribution in [0.1, 0.15) is 64.0 Å². The highest BCUT2D eigenvalue weighted by Crippen LogP contribution is 2.54. The van der Waals surface area contributed by atoms with E-state index >= 15 is 0 Å². The number of hydrogen-bond donors (Lipinski definition) is 4. The molecule has 4 N–H and O–H groups in total. The average molecular weight is 1250 g/mol. The molecule has 0 unspecified atom stereocenters. The maximum Gasteiger partial charge on any atom is 0.356 e. The zero-order chi connectivity index (χ0) is 58.8. The number of nitrogens with zero attached hydrogens (tertiary/aromatic N) is 6. The third-order valence-electron chi connectivity index (χ3n) is 15.5. The third kappa shape index (κ3) is 13.7. The number of fused-ring (bicyclic) bond motifs is 2. The number of ether oxygens (including phenoxy) is 1. The lowest BCUT2D eigenvalue weighted by Gasteiger charge is -2.48. The Balaban J connectivity index is 0.000000173. The van der Waals surface area contributed by atoms with E-state index in [-0.39, 0.29) is 84.9 Å². The lowest BCUT2D eigenvalue weighted by Crippen LogP contribution is -2.64. The number of thiazole rings is 3. The molecule has 0 spiro atoms. The second kappa shape index (κ2) is 26.9. The maximum absolute atomic E-state index is 13.4. The first-order valence-corrected chi connectivity index (χ1v) is 34.9. The number of carboxylic acid groups (broad SMARTS) is 1. The number of aliphatic carboxylic acids is 1. The summed E-state index contributed by atoms with van der Waals surface area (Å²) in [6.07, 6.45) is 8.61. The highest BCUT2D eigenvalue weighted by atomic mass is 32.2. The number of β-lactam (4-membered cyclic amide) rings is 2. The fourth-order valence-corrected chi connectivity index (χ4v) is 17.7. The van der Waals surface area contributed by atoms with Gasteiger partial charge in [0.25, 0.3) is 0 Å². The summed E-state index contributed by atoms with van der Waals surface area (Å²) in [5.74, 6) is -3.29. The highest BCUT2D eigenvalue weighted by molar-refractivity contribution is 8.05. The molecule has 7 aliphatic heterocycles. The standard InChI is InChI=1S/C26H36FN3O4S2Si.C19H22FN3O4S2.C10H13FN2S2/c1-8-11-33-25(32)22-23(15(2)21-20(24(31)30(21)22)16(3)34-37(5,6)7)36-26-28-19(14-35-26)17-9-10-29(4)18(12-17)13-27;1-8-14-13(9(2)24)17(25)23(14)15(18(26)27)16(8)29-19-22-12(7-28-19)10-3-4-21-11(5-10)6-20;1-13-3-2-7(4-8(13)5-11)9-6-15-10(14)12-9/h8-9,14-16,18,20-21H,1,10-13H2,2-7H3;3,7-9,11,13-14,21,24H,4-6H2,1-2H3,(H,26,27);2,6,8H,3-5H2,1H3,(H,12,14)/t15-,16-,18+,20-,21-;8-,9-,11+,13-,14-;8-/m110/s1. The summed E-state index contributed by atoms with van der Waals surface area (Å²) in [6.45, 7) is 18.4. The largest absolute Gasteiger partial charge is 0.477 e. The van der Waals surface area contributed by atoms with Gasteiger partial charge in [0, 0.05) is 75.5 Å². The van der Waals surface area contributed by atoms with Gasteiger partial charge in [0.2, 0.25) is 11.8 Å². The highest BCUT2D eigenvalue weighted by Gasteiger charge is 2.62. The number of nitrogens with one attached hydrogen (secondary N) is 2. The number of halogens is 3. The van der Waals surface area contributed by atoms with E-state index in [1.165, 1.54) is 74.1 Å². The van der Waals surface area contributed by atoms with Crippen LogP contribution in [-0.4, -0.2) is 180 Å². The number of H-pyrrole nitrogens is 1. The number of thioether (sulfide) groups is 2. The van der Waals surface area contributed by atoms with Crippen molar-refractivity contribution in [1.29, 1.82) is 0 Å². The first-order chi connectivity index (χ1) is 38.5. The van der Waals surface area contributed by atoms with Crippen LogP contribution in [0.15, 0.2) is 76.9 Å². The molecule has 3 aromatic heterocycles. The van der Waals surface area contributed by atoms with Crippen LogP contribution in [-0.2, 0) is 28.3 Å². The van der Waals surface area contributed by atoms with Crippen LogP contribution in [0.2, 0.25) is 19.6 Å². The van der Waals surface area contributed by atoms with Gasteiger partial charge < -0.3 is 39.5 Å². The Morgan fingerprint density at radius 2 is 1.36 bits per heavy atom. The number of carbonyl (C=O) groups is 4. The smallest absolute Gasteiger partial charge is 0.356 e. The number of hydrogen-bond acceptors (Lipinski definition) is 18. The molecule has 0 aliphatic carbocycles. The van der Waals surface area contributed by atoms with Crippen molar-refractivity contribution in [3.05, 3.63) is 89.3 Å². The van der Waals surface area contributed by atoms with Gasteiger partial charge in [0.05, 0.1) is 53.2 Å². The predicted molar refractivity (Wildman–Crippen MR) is 321 cm³/mol. The fourth-order valence-electron chi connectivity index (χ4n) is 11.3. The van der Waals surface area contributed by atoms with Gasteiger partial charge in [-0.3, -0.25) is 19.4 Å². The van der Waals surface area contributed by atoms with Crippen LogP contribution < -0.4 is 5.32 Å². The summed E-state index contributed by atoms with van der Waals surface area (Å²) < 4.78 is 53.1. The van der Waals surface area contributed by atoms with E-state index in [1.807, 2.05) is 66.9 Å². The lowest BCUT2D eigenvalue weighted by molar-refractivity contribution is -0.163. The van der Waals surface area contributed by atoms with E-state index in [0.717, 1.165) is 54.4 Å². The molecule has 0 radical (unpaired) electrons. The summed E-state index contributed by atoms with van der Waals surface area (Å²) in [5, 5.41) is 28.6. The molecule has 16 nitrogen and oxygen atoms in total. The van der Waals surface area contributed by atoms with Gasteiger partial charge in [-0.05, 0) is 95.8 Å². The van der Waals surface area contributed by atoms with Crippen molar-refractivity contribution in [2.24, 2.45) is 23.7 Å². The first-order valence-electron chi connectivity index (χ1n) is 26.9. The second-order valence-corrected chi connectivity index (χ2v) is 32.4. The number of rotatable bonds is 18. The molecule has 10 heterocycles. The second-order valence-electron chi connectivity index (χ2n) is 22.1. The minimum atomic E-state index is -1.85. The Hall–Kier alpha value is -4.06. The monoisotopic (exact) mass is 1250 g/mol. The van der Waals surface area contributed by atoms with E-state index in [1.54, 1.807) is 11.8 Å². The van der Waals surface area contributed by atoms with Gasteiger partial charge in [0.1, 0.15) is 38.0 Å². The Morgan fingerprint density at radius 1 is 0.827 bits per heavy atom. The number of aromatic amines is 1. The zero-order valence-electron chi connectivity index (χ0n) is 46.8. The number of esters is 1. The van der Waals surface area contributed by atoms with Gasteiger partial charge in [-0.1, -0.05) is 68.3 Å². The lowest BCUT2D eigenvalue weighted by atomic mass is 9.79. The number of aliphatic hydroxyl groups excluding tert-OH is 1. The molecule has 10 rings (SSSR count). The summed E-state index contributed by atoms with van der Waals surface area (Å²) in [5.41, 5.74) is 6.18. The average Bonchev–Trinajstić information content (AvgIpc) is 2.11. The van der Waals surface area contributed by atoms with E-state index in [0.29, 0.717) is 40.9 Å². The van der Waals surface area contributed by atoms with Crippen molar-refractivity contribution >= 4 is 119 Å². The first kappa shape index (κ1) is 63.0. The molecular formula is C55H71F3N8O8S6Si. The number of aromatic nitrogens is 3. The Kier molecular flexibility index (Phi) is 20.9. The van der Waals surface area contributed by atoms with Gasteiger partial charge in [-0.25, -0.2) is 32.7 Å². The maximum atomic E-state index is 13.4. The molecule has 0 saturated carbocycles. The van der Waals surface area contributed by atoms with Crippen molar-refractivity contribution in [2.45, 2.75) is 118 Å². The van der Waals surface area contributed by atoms with Crippen LogP contribution in [0.3, 0.4) is 0 Å². The summed E-state index contributed by atoms with van der Waals surface area (Å²) in [7, 11) is 2.02. The van der Waals surface area contributed by atoms with E-state index < -0.39 is 45.6 Å². The van der Waals surface area contributed by atoms with Gasteiger partial charge in [0.15, 0.2) is 21.0 Å². The molecule has 3 aromatic rings. The number of carbonyl (C=O) groups excluding carboxylic acids is 3. The van der Waals surface area contributed by atoms with Crippen LogP contribution in [0.5, 0.6) is 0 Å². The van der Waals surface area contributed by atoms with Crippen molar-refractivity contribution in [3.8, 4) is 0 Å². The SMILES string of the molecule is C=CCOC(=O)C1=C(Sc2nc(C3=CCN(C)[C@H](CF)C3)cs2)[C@H](C)[C@@H]2[C@@H]([C@@H](C)O[Si](C)(C)C)C(=O)N12.CN1CC=C(c2csc(=S)[nH]2)C[C@H]1CF.C[C@@H](O)[C@H]1C(=O)N2C(C(=O)O)=C(Sc3nc(C4=CCN[C@H](CF)C4)cs3)[C@H](C)[C@H]12. The molecule has 7 aliphatic rings. The molecular weight excluding hydrogens is 1180 g/mol. The van der Waals surface area contributed by atoms with Gasteiger partial charge in [-0.2, -0.15) is 0 Å². The van der Waals surface area contributed by atoms with Crippen LogP contribution in [0.4, 0.5) is 13.2 Å². The topological polar surface area (TPSA) is 194 Å². The molecule has 81 heavy (non-hydrogen) atoms. The van der Waals surface area contributed by atoms with Crippen LogP contribution in [0, 0.1) is 27.6 Å². The summed E-state index contributed by atoms with van der Waals surface area (Å²) in [4.78, 5) is 71.6. The minimum absolute atomic E-state index is 0.00636. The fraction of sp³-hybridized carbons (Fsp3) is 0.545. The predicted octanol–water partition coefficient (Wildman–Crippen LogP) is 9.92. The molecule has 26 heteroatoms. The molecule has 0 aromatic carbocycles. The molecule has 2 amide bonds. The van der Waals surface area contributed by atoms with Crippen molar-refractivity contribution in [2.75, 3.05) is 60.4 Å². The van der Waals surface area contributed by atoms with E-state index in [9.17, 15) is 42.6 Å². The van der Waals surface area contributed by atoms with Gasteiger partial charge >= 0.3 is 11.9 Å². The Labute approximate surface area is 497 Å². The third-order valence-corrected chi connectivity index (χ3v) is 22.1. The molecule has 440 valence electrons. The number of carboxylic acids is 1. The Morgan fingerprint density at radius 3 is 1.88 bits per heavy atom. The van der Waals surface area contributed by atoms with Gasteiger partial charge in [-0.15, -0.1) is 34.0 Å². The molecule has 2 saturated heterocycles. The zero-order valence-corrected chi connectivity index (χ0v) is 52.7. The Bertz CT molecular complexity index is 3080. The van der Waals surface area contributed by atoms with Crippen LogP contribution >= 0.6 is 69.8 Å². The number of likely N-dealkylation sites (N-methyl/N-ethyl adjacent to an activating group) is 2. The van der Waals surface area contributed by atoms with E-state index in [2.05, 4.69) is 53.7 Å². The summed E-state index contributed by atoms with van der Waals surface area (Å²) >= 11 is 12.1. The number of alkyl halides is 3. The number of amides is 2.